The zero-order chi connectivity index (χ0) is 13.7. The maximum Gasteiger partial charge on any atom is 0.123 e. The van der Waals surface area contributed by atoms with Gasteiger partial charge < -0.3 is 9.84 Å². The summed E-state index contributed by atoms with van der Waals surface area (Å²) < 4.78 is 5.66. The summed E-state index contributed by atoms with van der Waals surface area (Å²) in [5.74, 6) is 0.960. The Morgan fingerprint density at radius 1 is 1.26 bits per heavy atom. The van der Waals surface area contributed by atoms with Crippen molar-refractivity contribution in [3.05, 3.63) is 29.8 Å². The van der Waals surface area contributed by atoms with Crippen LogP contribution in [0.4, 0.5) is 0 Å². The van der Waals surface area contributed by atoms with Gasteiger partial charge >= 0.3 is 0 Å². The SMILES string of the molecule is CCOc1ccccc1CN(C)C1CCCCC1O. The van der Waals surface area contributed by atoms with E-state index in [9.17, 15) is 5.11 Å². The van der Waals surface area contributed by atoms with E-state index >= 15 is 0 Å². The Bertz CT molecular complexity index is 394. The van der Waals surface area contributed by atoms with Crippen LogP contribution in [-0.4, -0.2) is 35.8 Å². The second kappa shape index (κ2) is 6.92. The van der Waals surface area contributed by atoms with Gasteiger partial charge in [0.25, 0.3) is 0 Å². The van der Waals surface area contributed by atoms with Crippen molar-refractivity contribution in [1.82, 2.24) is 4.90 Å². The molecule has 1 saturated carbocycles. The van der Waals surface area contributed by atoms with Gasteiger partial charge in [-0.25, -0.2) is 0 Å². The molecule has 106 valence electrons. The first-order chi connectivity index (χ1) is 9.22. The lowest BCUT2D eigenvalue weighted by atomic mass is 9.91. The smallest absolute Gasteiger partial charge is 0.123 e. The fraction of sp³-hybridized carbons (Fsp3) is 0.625. The first kappa shape index (κ1) is 14.4. The molecule has 2 unspecified atom stereocenters. The normalized spacial score (nSPS) is 23.6. The molecular formula is C16H25NO2. The fourth-order valence-electron chi connectivity index (χ4n) is 2.92. The van der Waals surface area contributed by atoms with Crippen molar-refractivity contribution in [3.8, 4) is 5.75 Å². The Balaban J connectivity index is 2.03. The maximum atomic E-state index is 10.1. The van der Waals surface area contributed by atoms with E-state index in [-0.39, 0.29) is 12.1 Å². The third-order valence-electron chi connectivity index (χ3n) is 3.95. The predicted octanol–water partition coefficient (Wildman–Crippen LogP) is 2.82. The van der Waals surface area contributed by atoms with Gasteiger partial charge in [-0.3, -0.25) is 4.90 Å². The molecule has 3 nitrogen and oxygen atoms in total. The van der Waals surface area contributed by atoms with Gasteiger partial charge in [-0.05, 0) is 32.9 Å². The van der Waals surface area contributed by atoms with E-state index in [4.69, 9.17) is 4.74 Å². The van der Waals surface area contributed by atoms with Crippen LogP contribution in [0.3, 0.4) is 0 Å². The number of benzene rings is 1. The van der Waals surface area contributed by atoms with Crippen LogP contribution >= 0.6 is 0 Å². The lowest BCUT2D eigenvalue weighted by molar-refractivity contribution is 0.0285. The molecule has 0 aliphatic heterocycles. The molecule has 0 bridgehead atoms. The summed E-state index contributed by atoms with van der Waals surface area (Å²) in [5.41, 5.74) is 1.20. The molecule has 1 aliphatic rings. The summed E-state index contributed by atoms with van der Waals surface area (Å²) >= 11 is 0. The minimum absolute atomic E-state index is 0.182. The van der Waals surface area contributed by atoms with Gasteiger partial charge in [0.05, 0.1) is 12.7 Å². The van der Waals surface area contributed by atoms with E-state index in [2.05, 4.69) is 18.0 Å². The van der Waals surface area contributed by atoms with Crippen molar-refractivity contribution in [2.45, 2.75) is 51.3 Å². The molecule has 3 heteroatoms. The Labute approximate surface area is 116 Å². The number of rotatable bonds is 5. The molecule has 1 fully saturated rings. The molecule has 0 amide bonds. The van der Waals surface area contributed by atoms with E-state index < -0.39 is 0 Å². The van der Waals surface area contributed by atoms with Crippen LogP contribution in [0.15, 0.2) is 24.3 Å². The minimum Gasteiger partial charge on any atom is -0.494 e. The van der Waals surface area contributed by atoms with Crippen molar-refractivity contribution >= 4 is 0 Å². The van der Waals surface area contributed by atoms with E-state index in [1.165, 1.54) is 12.0 Å². The number of ether oxygens (including phenoxy) is 1. The van der Waals surface area contributed by atoms with Gasteiger partial charge in [-0.2, -0.15) is 0 Å². The predicted molar refractivity (Wildman–Crippen MR) is 77.3 cm³/mol. The second-order valence-electron chi connectivity index (χ2n) is 5.38. The van der Waals surface area contributed by atoms with Gasteiger partial charge in [-0.1, -0.05) is 31.0 Å². The summed E-state index contributed by atoms with van der Waals surface area (Å²) in [4.78, 5) is 2.27. The third kappa shape index (κ3) is 3.71. The van der Waals surface area contributed by atoms with Crippen molar-refractivity contribution in [1.29, 1.82) is 0 Å². The fourth-order valence-corrected chi connectivity index (χ4v) is 2.92. The van der Waals surface area contributed by atoms with Crippen molar-refractivity contribution in [2.75, 3.05) is 13.7 Å². The molecule has 19 heavy (non-hydrogen) atoms. The van der Waals surface area contributed by atoms with Crippen LogP contribution in [0.5, 0.6) is 5.75 Å². The largest absolute Gasteiger partial charge is 0.494 e. The lowest BCUT2D eigenvalue weighted by Gasteiger charge is -2.35. The Hall–Kier alpha value is -1.06. The van der Waals surface area contributed by atoms with Crippen molar-refractivity contribution in [2.24, 2.45) is 0 Å². The summed E-state index contributed by atoms with van der Waals surface area (Å²) in [7, 11) is 2.10. The Morgan fingerprint density at radius 3 is 2.74 bits per heavy atom. The number of para-hydroxylation sites is 1. The monoisotopic (exact) mass is 263 g/mol. The van der Waals surface area contributed by atoms with E-state index in [0.717, 1.165) is 31.6 Å². The number of hydrogen-bond donors (Lipinski definition) is 1. The molecule has 0 aromatic heterocycles. The summed E-state index contributed by atoms with van der Waals surface area (Å²) in [5, 5.41) is 10.1. The van der Waals surface area contributed by atoms with Gasteiger partial charge in [-0.15, -0.1) is 0 Å². The van der Waals surface area contributed by atoms with Crippen LogP contribution in [0, 0.1) is 0 Å². The van der Waals surface area contributed by atoms with Crippen molar-refractivity contribution < 1.29 is 9.84 Å². The highest BCUT2D eigenvalue weighted by atomic mass is 16.5. The molecule has 1 aromatic carbocycles. The molecule has 2 atom stereocenters. The van der Waals surface area contributed by atoms with E-state index in [1.807, 2.05) is 25.1 Å². The van der Waals surface area contributed by atoms with Crippen LogP contribution in [0.1, 0.15) is 38.2 Å². The minimum atomic E-state index is -0.182. The Kier molecular flexibility index (Phi) is 5.23. The van der Waals surface area contributed by atoms with Crippen LogP contribution in [0.25, 0.3) is 0 Å². The average Bonchev–Trinajstić information content (AvgIpc) is 2.41. The number of hydrogen-bond acceptors (Lipinski definition) is 3. The van der Waals surface area contributed by atoms with Crippen LogP contribution < -0.4 is 4.74 Å². The molecule has 1 aliphatic carbocycles. The highest BCUT2D eigenvalue weighted by molar-refractivity contribution is 5.33. The molecule has 0 spiro atoms. The van der Waals surface area contributed by atoms with E-state index in [1.54, 1.807) is 0 Å². The first-order valence-electron chi connectivity index (χ1n) is 7.31. The quantitative estimate of drug-likeness (QED) is 0.886. The summed E-state index contributed by atoms with van der Waals surface area (Å²) in [6.07, 6.45) is 4.22. The summed E-state index contributed by atoms with van der Waals surface area (Å²) in [6, 6.07) is 8.46. The van der Waals surface area contributed by atoms with Crippen molar-refractivity contribution in [3.63, 3.8) is 0 Å². The zero-order valence-electron chi connectivity index (χ0n) is 12.0. The number of aliphatic hydroxyl groups is 1. The number of aliphatic hydroxyl groups excluding tert-OH is 1. The molecule has 2 rings (SSSR count). The van der Waals surface area contributed by atoms with Gasteiger partial charge in [0.15, 0.2) is 0 Å². The average molecular weight is 263 g/mol. The molecular weight excluding hydrogens is 238 g/mol. The lowest BCUT2D eigenvalue weighted by Crippen LogP contribution is -2.42. The highest BCUT2D eigenvalue weighted by Crippen LogP contribution is 2.26. The molecule has 0 radical (unpaired) electrons. The molecule has 0 saturated heterocycles. The van der Waals surface area contributed by atoms with Crippen LogP contribution in [0.2, 0.25) is 0 Å². The zero-order valence-corrected chi connectivity index (χ0v) is 12.0. The van der Waals surface area contributed by atoms with E-state index in [0.29, 0.717) is 6.61 Å². The number of nitrogens with zero attached hydrogens (tertiary/aromatic N) is 1. The standard InChI is InChI=1S/C16H25NO2/c1-3-19-16-11-7-4-8-13(16)12-17(2)14-9-5-6-10-15(14)18/h4,7-8,11,14-15,18H,3,5-6,9-10,12H2,1-2H3. The van der Waals surface area contributed by atoms with Gasteiger partial charge in [0.1, 0.15) is 5.75 Å². The second-order valence-corrected chi connectivity index (χ2v) is 5.38. The first-order valence-corrected chi connectivity index (χ1v) is 7.31. The maximum absolute atomic E-state index is 10.1. The van der Waals surface area contributed by atoms with Gasteiger partial charge in [0.2, 0.25) is 0 Å². The third-order valence-corrected chi connectivity index (χ3v) is 3.95. The molecule has 1 aromatic rings. The highest BCUT2D eigenvalue weighted by Gasteiger charge is 2.26. The van der Waals surface area contributed by atoms with Gasteiger partial charge in [0, 0.05) is 18.2 Å². The topological polar surface area (TPSA) is 32.7 Å². The molecule has 0 heterocycles. The van der Waals surface area contributed by atoms with Crippen LogP contribution in [-0.2, 0) is 6.54 Å². The Morgan fingerprint density at radius 2 is 2.00 bits per heavy atom. The molecule has 1 N–H and O–H groups in total. The number of likely N-dealkylation sites (N-methyl/N-ethyl adjacent to an activating group) is 1. The summed E-state index contributed by atoms with van der Waals surface area (Å²) in [6.45, 7) is 3.52.